The van der Waals surface area contributed by atoms with Crippen molar-refractivity contribution in [2.24, 2.45) is 5.92 Å². The number of sulfonamides is 1. The van der Waals surface area contributed by atoms with Gasteiger partial charge in [0.1, 0.15) is 12.3 Å². The van der Waals surface area contributed by atoms with Crippen LogP contribution in [0.2, 0.25) is 0 Å². The van der Waals surface area contributed by atoms with Crippen molar-refractivity contribution in [3.8, 4) is 17.0 Å². The van der Waals surface area contributed by atoms with Crippen LogP contribution in [0.5, 0.6) is 5.75 Å². The minimum absolute atomic E-state index is 0.101. The number of amides is 1. The molecule has 0 atom stereocenters. The molecule has 0 aliphatic rings. The Morgan fingerprint density at radius 3 is 2.42 bits per heavy atom. The second kappa shape index (κ2) is 10.4. The number of rotatable bonds is 9. The fraction of sp³-hybridized carbons (Fsp3) is 0.261. The lowest BCUT2D eigenvalue weighted by molar-refractivity contribution is -0.117. The van der Waals surface area contributed by atoms with Crippen molar-refractivity contribution in [1.82, 2.24) is 14.5 Å². The molecule has 0 aliphatic heterocycles. The molecule has 2 aromatic carbocycles. The van der Waals surface area contributed by atoms with Crippen molar-refractivity contribution in [1.29, 1.82) is 0 Å². The van der Waals surface area contributed by atoms with Crippen molar-refractivity contribution in [3.05, 3.63) is 71.0 Å². The van der Waals surface area contributed by atoms with Gasteiger partial charge in [-0.3, -0.25) is 9.59 Å². The summed E-state index contributed by atoms with van der Waals surface area (Å²) in [7, 11) is -2.08. The molecule has 174 valence electrons. The molecule has 3 rings (SSSR count). The van der Waals surface area contributed by atoms with Crippen molar-refractivity contribution < 1.29 is 17.9 Å². The van der Waals surface area contributed by atoms with E-state index in [2.05, 4.69) is 15.1 Å². The maximum atomic E-state index is 12.5. The summed E-state index contributed by atoms with van der Waals surface area (Å²) in [5, 5.41) is 6.94. The number of benzene rings is 2. The molecule has 3 aromatic rings. The highest BCUT2D eigenvalue weighted by Gasteiger charge is 2.15. The zero-order valence-electron chi connectivity index (χ0n) is 18.6. The van der Waals surface area contributed by atoms with Crippen molar-refractivity contribution in [2.45, 2.75) is 25.3 Å². The van der Waals surface area contributed by atoms with E-state index in [9.17, 15) is 18.0 Å². The van der Waals surface area contributed by atoms with Gasteiger partial charge < -0.3 is 10.1 Å². The molecular weight excluding hydrogens is 444 g/mol. The Balaban J connectivity index is 1.72. The van der Waals surface area contributed by atoms with Crippen LogP contribution in [0.15, 0.2) is 70.4 Å². The number of para-hydroxylation sites is 1. The largest absolute Gasteiger partial charge is 0.496 e. The number of aromatic nitrogens is 2. The van der Waals surface area contributed by atoms with Crippen LogP contribution in [0.25, 0.3) is 11.3 Å². The van der Waals surface area contributed by atoms with E-state index in [0.29, 0.717) is 29.2 Å². The molecule has 1 heterocycles. The molecule has 33 heavy (non-hydrogen) atoms. The zero-order chi connectivity index (χ0) is 24.0. The van der Waals surface area contributed by atoms with Gasteiger partial charge >= 0.3 is 0 Å². The summed E-state index contributed by atoms with van der Waals surface area (Å²) >= 11 is 0. The van der Waals surface area contributed by atoms with E-state index in [0.717, 1.165) is 4.68 Å². The molecule has 0 fully saturated rings. The lowest BCUT2D eigenvalue weighted by atomic mass is 10.1. The van der Waals surface area contributed by atoms with Crippen LogP contribution in [0.1, 0.15) is 13.8 Å². The molecule has 0 radical (unpaired) electrons. The number of carbonyl (C=O) groups excluding carboxylic acids is 1. The first-order valence-corrected chi connectivity index (χ1v) is 11.8. The van der Waals surface area contributed by atoms with Crippen LogP contribution in [0, 0.1) is 5.92 Å². The van der Waals surface area contributed by atoms with Gasteiger partial charge in [0.25, 0.3) is 5.56 Å². The Morgan fingerprint density at radius 2 is 1.76 bits per heavy atom. The second-order valence-corrected chi connectivity index (χ2v) is 9.50. The van der Waals surface area contributed by atoms with E-state index in [-0.39, 0.29) is 17.4 Å². The smallest absolute Gasteiger partial charge is 0.267 e. The minimum Gasteiger partial charge on any atom is -0.496 e. The van der Waals surface area contributed by atoms with Gasteiger partial charge in [-0.25, -0.2) is 17.8 Å². The second-order valence-electron chi connectivity index (χ2n) is 7.73. The topological polar surface area (TPSA) is 119 Å². The number of hydrogen-bond acceptors (Lipinski definition) is 6. The fourth-order valence-corrected chi connectivity index (χ4v) is 4.19. The van der Waals surface area contributed by atoms with Gasteiger partial charge in [0.15, 0.2) is 0 Å². The lowest BCUT2D eigenvalue weighted by Gasteiger charge is -2.11. The molecule has 0 unspecified atom stereocenters. The molecule has 0 saturated carbocycles. The average Bonchev–Trinajstić information content (AvgIpc) is 2.79. The summed E-state index contributed by atoms with van der Waals surface area (Å²) in [4.78, 5) is 24.8. The molecule has 0 bridgehead atoms. The number of carbonyl (C=O) groups is 1. The van der Waals surface area contributed by atoms with E-state index < -0.39 is 21.5 Å². The molecule has 0 aliphatic carbocycles. The quantitative estimate of drug-likeness (QED) is 0.496. The fourth-order valence-electron chi connectivity index (χ4n) is 2.98. The van der Waals surface area contributed by atoms with E-state index in [1.165, 1.54) is 30.3 Å². The Bertz CT molecular complexity index is 1280. The van der Waals surface area contributed by atoms with Crippen LogP contribution in [0.4, 0.5) is 5.69 Å². The van der Waals surface area contributed by atoms with Crippen LogP contribution in [-0.2, 0) is 21.4 Å². The summed E-state index contributed by atoms with van der Waals surface area (Å²) < 4.78 is 33.5. The van der Waals surface area contributed by atoms with Gasteiger partial charge in [-0.1, -0.05) is 26.0 Å². The molecule has 0 saturated heterocycles. The summed E-state index contributed by atoms with van der Waals surface area (Å²) in [5.41, 5.74) is 1.15. The standard InChI is InChI=1S/C23H26N4O5S/c1-16(2)14-24-33(30,31)18-10-8-17(9-11-18)25-22(28)15-27-23(29)13-12-20(26-27)19-6-4-5-7-21(19)32-3/h4-13,16,24H,14-15H2,1-3H3,(H,25,28). The predicted molar refractivity (Wildman–Crippen MR) is 126 cm³/mol. The number of ether oxygens (including phenoxy) is 1. The first kappa shape index (κ1) is 24.1. The molecule has 1 amide bonds. The van der Waals surface area contributed by atoms with Crippen LogP contribution in [-0.4, -0.2) is 37.8 Å². The summed E-state index contributed by atoms with van der Waals surface area (Å²) in [6, 6.07) is 15.9. The zero-order valence-corrected chi connectivity index (χ0v) is 19.4. The van der Waals surface area contributed by atoms with E-state index in [1.54, 1.807) is 19.2 Å². The maximum Gasteiger partial charge on any atom is 0.267 e. The van der Waals surface area contributed by atoms with Crippen LogP contribution in [0.3, 0.4) is 0 Å². The number of nitrogens with zero attached hydrogens (tertiary/aromatic N) is 2. The number of nitrogens with one attached hydrogen (secondary N) is 2. The Morgan fingerprint density at radius 1 is 1.06 bits per heavy atom. The molecule has 10 heteroatoms. The third-order valence-corrected chi connectivity index (χ3v) is 6.11. The van der Waals surface area contributed by atoms with E-state index >= 15 is 0 Å². The highest BCUT2D eigenvalue weighted by Crippen LogP contribution is 2.27. The molecule has 9 nitrogen and oxygen atoms in total. The average molecular weight is 471 g/mol. The molecule has 2 N–H and O–H groups in total. The minimum atomic E-state index is -3.62. The van der Waals surface area contributed by atoms with Crippen LogP contribution < -0.4 is 20.3 Å². The summed E-state index contributed by atoms with van der Waals surface area (Å²) in [6.45, 7) is 3.84. The first-order valence-electron chi connectivity index (χ1n) is 10.3. The highest BCUT2D eigenvalue weighted by molar-refractivity contribution is 7.89. The van der Waals surface area contributed by atoms with Gasteiger partial charge in [-0.05, 0) is 48.4 Å². The third kappa shape index (κ3) is 6.27. The van der Waals surface area contributed by atoms with Crippen molar-refractivity contribution in [2.75, 3.05) is 19.0 Å². The van der Waals surface area contributed by atoms with Crippen LogP contribution >= 0.6 is 0 Å². The molecular formula is C23H26N4O5S. The predicted octanol–water partition coefficient (Wildman–Crippen LogP) is 2.49. The van der Waals surface area contributed by atoms with Gasteiger partial charge in [0.05, 0.1) is 17.7 Å². The highest BCUT2D eigenvalue weighted by atomic mass is 32.2. The van der Waals surface area contributed by atoms with E-state index in [4.69, 9.17) is 4.74 Å². The number of methoxy groups -OCH3 is 1. The third-order valence-electron chi connectivity index (χ3n) is 4.67. The lowest BCUT2D eigenvalue weighted by Crippen LogP contribution is -2.29. The van der Waals surface area contributed by atoms with Crippen molar-refractivity contribution >= 4 is 21.6 Å². The van der Waals surface area contributed by atoms with Gasteiger partial charge in [0.2, 0.25) is 15.9 Å². The number of anilines is 1. The Hall–Kier alpha value is -3.50. The monoisotopic (exact) mass is 470 g/mol. The summed E-state index contributed by atoms with van der Waals surface area (Å²) in [5.74, 6) is 0.296. The first-order chi connectivity index (χ1) is 15.7. The Kier molecular flexibility index (Phi) is 7.62. The Labute approximate surface area is 192 Å². The SMILES string of the molecule is COc1ccccc1-c1ccc(=O)n(CC(=O)Nc2ccc(S(=O)(=O)NCC(C)C)cc2)n1. The van der Waals surface area contributed by atoms with Gasteiger partial charge in [0, 0.05) is 23.9 Å². The van der Waals surface area contributed by atoms with Gasteiger partial charge in [-0.15, -0.1) is 0 Å². The normalized spacial score (nSPS) is 11.4. The summed E-state index contributed by atoms with van der Waals surface area (Å²) in [6.07, 6.45) is 0. The molecule has 0 spiro atoms. The van der Waals surface area contributed by atoms with Crippen molar-refractivity contribution in [3.63, 3.8) is 0 Å². The van der Waals surface area contributed by atoms with E-state index in [1.807, 2.05) is 32.0 Å². The maximum absolute atomic E-state index is 12.5. The number of hydrogen-bond donors (Lipinski definition) is 2. The van der Waals surface area contributed by atoms with Gasteiger partial charge in [-0.2, -0.15) is 5.10 Å². The molecule has 1 aromatic heterocycles.